The first kappa shape index (κ1) is 19.9. The monoisotopic (exact) mass is 386 g/mol. The molecule has 0 unspecified atom stereocenters. The summed E-state index contributed by atoms with van der Waals surface area (Å²) in [6, 6.07) is 6.64. The highest BCUT2D eigenvalue weighted by atomic mass is 16.5. The second-order valence-corrected chi connectivity index (χ2v) is 7.28. The van der Waals surface area contributed by atoms with Crippen LogP contribution >= 0.6 is 0 Å². The number of ether oxygens (including phenoxy) is 2. The number of likely N-dealkylation sites (tertiary alicyclic amines) is 1. The second kappa shape index (κ2) is 8.91. The fraction of sp³-hybridized carbons (Fsp3) is 0.476. The number of esters is 1. The zero-order chi connectivity index (χ0) is 20.1. The maximum absolute atomic E-state index is 12.2. The van der Waals surface area contributed by atoms with Crippen LogP contribution in [0.5, 0.6) is 5.75 Å². The van der Waals surface area contributed by atoms with E-state index >= 15 is 0 Å². The lowest BCUT2D eigenvalue weighted by Gasteiger charge is -2.30. The van der Waals surface area contributed by atoms with E-state index in [1.807, 2.05) is 13.8 Å². The summed E-state index contributed by atoms with van der Waals surface area (Å²) in [5.74, 6) is 1.18. The predicted octanol–water partition coefficient (Wildman–Crippen LogP) is 3.29. The number of hydrogen-bond donors (Lipinski definition) is 0. The van der Waals surface area contributed by atoms with Gasteiger partial charge in [0.2, 0.25) is 0 Å². The lowest BCUT2D eigenvalue weighted by Crippen LogP contribution is -2.41. The molecule has 0 spiro atoms. The van der Waals surface area contributed by atoms with Gasteiger partial charge in [-0.15, -0.1) is 0 Å². The molecule has 0 saturated carbocycles. The zero-order valence-corrected chi connectivity index (χ0v) is 16.6. The summed E-state index contributed by atoms with van der Waals surface area (Å²) in [6.07, 6.45) is 2.13. The average molecular weight is 386 g/mol. The van der Waals surface area contributed by atoms with E-state index in [0.717, 1.165) is 42.9 Å². The summed E-state index contributed by atoms with van der Waals surface area (Å²) in [4.78, 5) is 26.2. The molecule has 1 fully saturated rings. The number of nitrogens with zero attached hydrogens (tertiary/aromatic N) is 2. The number of aromatic nitrogens is 1. The summed E-state index contributed by atoms with van der Waals surface area (Å²) in [5.41, 5.74) is 2.09. The Morgan fingerprint density at radius 1 is 1.25 bits per heavy atom. The van der Waals surface area contributed by atoms with Crippen LogP contribution in [0.25, 0.3) is 0 Å². The van der Waals surface area contributed by atoms with Crippen molar-refractivity contribution in [3.05, 3.63) is 46.8 Å². The van der Waals surface area contributed by atoms with Crippen molar-refractivity contribution in [1.29, 1.82) is 0 Å². The lowest BCUT2D eigenvalue weighted by atomic mass is 10.0. The Hall–Kier alpha value is -2.83. The molecule has 2 heterocycles. The first-order chi connectivity index (χ1) is 13.4. The third-order valence-electron chi connectivity index (χ3n) is 4.99. The van der Waals surface area contributed by atoms with Gasteiger partial charge in [-0.25, -0.2) is 4.79 Å². The molecule has 2 aromatic rings. The van der Waals surface area contributed by atoms with Gasteiger partial charge in [-0.3, -0.25) is 4.79 Å². The van der Waals surface area contributed by atoms with E-state index in [2.05, 4.69) is 12.1 Å². The highest BCUT2D eigenvalue weighted by Gasteiger charge is 2.22. The molecule has 1 saturated heterocycles. The van der Waals surface area contributed by atoms with Crippen LogP contribution < -0.4 is 4.74 Å². The Bertz CT molecular complexity index is 808. The molecule has 1 aromatic carbocycles. The lowest BCUT2D eigenvalue weighted by molar-refractivity contribution is -0.136. The van der Waals surface area contributed by atoms with Crippen LogP contribution in [0.1, 0.15) is 47.1 Å². The van der Waals surface area contributed by atoms with E-state index in [4.69, 9.17) is 14.0 Å². The minimum absolute atomic E-state index is 0.140. The van der Waals surface area contributed by atoms with E-state index in [-0.39, 0.29) is 12.5 Å². The normalized spacial score (nSPS) is 16.7. The molecule has 28 heavy (non-hydrogen) atoms. The first-order valence-corrected chi connectivity index (χ1v) is 9.53. The SMILES string of the molecule is Cc1noc(C)c1COc1ccc(C(=O)OCC(=O)N2CCC[C@@H](C)C2)cc1. The number of carbonyl (C=O) groups is 2. The Kier molecular flexibility index (Phi) is 6.34. The first-order valence-electron chi connectivity index (χ1n) is 9.53. The van der Waals surface area contributed by atoms with Crippen molar-refractivity contribution in [1.82, 2.24) is 10.1 Å². The van der Waals surface area contributed by atoms with Crippen LogP contribution in [0.15, 0.2) is 28.8 Å². The van der Waals surface area contributed by atoms with Crippen molar-refractivity contribution in [3.8, 4) is 5.75 Å². The van der Waals surface area contributed by atoms with E-state index in [9.17, 15) is 9.59 Å². The van der Waals surface area contributed by atoms with Crippen LogP contribution in [0, 0.1) is 19.8 Å². The number of benzene rings is 1. The van der Waals surface area contributed by atoms with E-state index < -0.39 is 5.97 Å². The zero-order valence-electron chi connectivity index (χ0n) is 16.6. The van der Waals surface area contributed by atoms with E-state index in [0.29, 0.717) is 23.8 Å². The fourth-order valence-electron chi connectivity index (χ4n) is 3.27. The van der Waals surface area contributed by atoms with Crippen LogP contribution in [0.3, 0.4) is 0 Å². The molecule has 1 aliphatic heterocycles. The van der Waals surface area contributed by atoms with Crippen molar-refractivity contribution in [2.45, 2.75) is 40.2 Å². The van der Waals surface area contributed by atoms with E-state index in [1.54, 1.807) is 29.2 Å². The van der Waals surface area contributed by atoms with Crippen LogP contribution in [0.2, 0.25) is 0 Å². The molecule has 0 bridgehead atoms. The second-order valence-electron chi connectivity index (χ2n) is 7.28. The minimum Gasteiger partial charge on any atom is -0.489 e. The van der Waals surface area contributed by atoms with Gasteiger partial charge >= 0.3 is 5.97 Å². The third-order valence-corrected chi connectivity index (χ3v) is 4.99. The molecule has 150 valence electrons. The number of carbonyl (C=O) groups excluding carboxylic acids is 2. The predicted molar refractivity (Wildman–Crippen MR) is 102 cm³/mol. The van der Waals surface area contributed by atoms with Crippen LogP contribution in [-0.2, 0) is 16.1 Å². The number of piperidine rings is 1. The summed E-state index contributed by atoms with van der Waals surface area (Å²) >= 11 is 0. The standard InChI is InChI=1S/C21H26N2O5/c1-14-5-4-10-23(11-14)20(24)13-27-21(25)17-6-8-18(9-7-17)26-12-19-15(2)22-28-16(19)3/h6-9,14H,4-5,10-13H2,1-3H3/t14-/m1/s1. The van der Waals surface area contributed by atoms with Gasteiger partial charge in [0.25, 0.3) is 5.91 Å². The molecular formula is C21H26N2O5. The molecule has 1 aromatic heterocycles. The summed E-state index contributed by atoms with van der Waals surface area (Å²) in [6.45, 7) is 7.40. The van der Waals surface area contributed by atoms with Crippen LogP contribution in [-0.4, -0.2) is 41.6 Å². The molecule has 7 nitrogen and oxygen atoms in total. The van der Waals surface area contributed by atoms with Gasteiger partial charge in [0.15, 0.2) is 6.61 Å². The van der Waals surface area contributed by atoms with Gasteiger partial charge in [0.1, 0.15) is 18.1 Å². The number of aryl methyl sites for hydroxylation is 2. The van der Waals surface area contributed by atoms with Gasteiger partial charge in [0, 0.05) is 13.1 Å². The Balaban J connectivity index is 1.48. The fourth-order valence-corrected chi connectivity index (χ4v) is 3.27. The molecular weight excluding hydrogens is 360 g/mol. The molecule has 1 atom stereocenters. The molecule has 3 rings (SSSR count). The maximum Gasteiger partial charge on any atom is 0.338 e. The Labute approximate surface area is 164 Å². The van der Waals surface area contributed by atoms with Crippen molar-refractivity contribution < 1.29 is 23.6 Å². The van der Waals surface area contributed by atoms with Gasteiger partial charge in [0.05, 0.1) is 16.8 Å². The summed E-state index contributed by atoms with van der Waals surface area (Å²) in [5, 5.41) is 3.89. The molecule has 0 radical (unpaired) electrons. The van der Waals surface area contributed by atoms with Crippen molar-refractivity contribution in [3.63, 3.8) is 0 Å². The van der Waals surface area contributed by atoms with Crippen LogP contribution in [0.4, 0.5) is 0 Å². The van der Waals surface area contributed by atoms with Crippen molar-refractivity contribution >= 4 is 11.9 Å². The Morgan fingerprint density at radius 3 is 2.64 bits per heavy atom. The average Bonchev–Trinajstić information content (AvgIpc) is 3.02. The highest BCUT2D eigenvalue weighted by molar-refractivity contribution is 5.91. The summed E-state index contributed by atoms with van der Waals surface area (Å²) in [7, 11) is 0. The molecule has 0 aliphatic carbocycles. The van der Waals surface area contributed by atoms with Crippen molar-refractivity contribution in [2.75, 3.05) is 19.7 Å². The van der Waals surface area contributed by atoms with Crippen molar-refractivity contribution in [2.24, 2.45) is 5.92 Å². The van der Waals surface area contributed by atoms with Gasteiger partial charge in [-0.2, -0.15) is 0 Å². The quantitative estimate of drug-likeness (QED) is 0.709. The third kappa shape index (κ3) is 4.91. The van der Waals surface area contributed by atoms with Gasteiger partial charge < -0.3 is 18.9 Å². The molecule has 0 N–H and O–H groups in total. The highest BCUT2D eigenvalue weighted by Crippen LogP contribution is 2.19. The largest absolute Gasteiger partial charge is 0.489 e. The molecule has 7 heteroatoms. The molecule has 1 amide bonds. The number of hydrogen-bond acceptors (Lipinski definition) is 6. The number of amides is 1. The minimum atomic E-state index is -0.518. The molecule has 1 aliphatic rings. The van der Waals surface area contributed by atoms with Gasteiger partial charge in [-0.1, -0.05) is 12.1 Å². The van der Waals surface area contributed by atoms with E-state index in [1.165, 1.54) is 0 Å². The summed E-state index contributed by atoms with van der Waals surface area (Å²) < 4.78 is 16.0. The topological polar surface area (TPSA) is 81.9 Å². The number of rotatable bonds is 6. The maximum atomic E-state index is 12.2. The van der Waals surface area contributed by atoms with Gasteiger partial charge in [-0.05, 0) is 56.9 Å². The smallest absolute Gasteiger partial charge is 0.338 e. The Morgan fingerprint density at radius 2 is 2.00 bits per heavy atom.